The van der Waals surface area contributed by atoms with E-state index in [1.165, 1.54) is 29.1 Å². The van der Waals surface area contributed by atoms with Crippen molar-refractivity contribution in [3.05, 3.63) is 167 Å². The lowest BCUT2D eigenvalue weighted by molar-refractivity contribution is -0.207. The Morgan fingerprint density at radius 3 is 2.02 bits per heavy atom. The molecule has 314 valence electrons. The second-order valence-corrected chi connectivity index (χ2v) is 15.1. The predicted molar refractivity (Wildman–Crippen MR) is 224 cm³/mol. The molecule has 0 radical (unpaired) electrons. The van der Waals surface area contributed by atoms with Gasteiger partial charge in [-0.1, -0.05) is 73.7 Å². The first-order valence-corrected chi connectivity index (χ1v) is 20.1. The van der Waals surface area contributed by atoms with E-state index in [4.69, 9.17) is 4.74 Å². The minimum absolute atomic E-state index is 0.215. The van der Waals surface area contributed by atoms with Crippen molar-refractivity contribution in [3.8, 4) is 16.8 Å². The average molecular weight is 831 g/mol. The molecule has 3 aromatic heterocycles. The molecule has 1 unspecified atom stereocenters. The summed E-state index contributed by atoms with van der Waals surface area (Å²) in [6.45, 7) is 6.75. The van der Waals surface area contributed by atoms with Crippen molar-refractivity contribution < 1.29 is 23.0 Å². The van der Waals surface area contributed by atoms with Gasteiger partial charge in [0.1, 0.15) is 24.2 Å². The molecule has 0 saturated carbocycles. The summed E-state index contributed by atoms with van der Waals surface area (Å²) >= 11 is 0. The third-order valence-corrected chi connectivity index (χ3v) is 11.4. The molecule has 3 atom stereocenters. The van der Waals surface area contributed by atoms with E-state index in [0.717, 1.165) is 83.6 Å². The van der Waals surface area contributed by atoms with Crippen LogP contribution in [0, 0.1) is 5.82 Å². The van der Waals surface area contributed by atoms with Crippen molar-refractivity contribution in [1.29, 1.82) is 0 Å². The van der Waals surface area contributed by atoms with E-state index in [0.29, 0.717) is 18.6 Å². The van der Waals surface area contributed by atoms with Gasteiger partial charge in [0.15, 0.2) is 5.60 Å². The molecule has 1 aliphatic heterocycles. The monoisotopic (exact) mass is 830 g/mol. The number of benzene rings is 4. The highest BCUT2D eigenvalue weighted by molar-refractivity contribution is 5.66. The first-order valence-electron chi connectivity index (χ1n) is 20.1. The summed E-state index contributed by atoms with van der Waals surface area (Å²) in [4.78, 5) is 22.2. The number of tetrazole rings is 1. The lowest BCUT2D eigenvalue weighted by atomic mass is 9.84. The van der Waals surface area contributed by atoms with Gasteiger partial charge in [0, 0.05) is 54.9 Å². The molecule has 61 heavy (non-hydrogen) atoms. The van der Waals surface area contributed by atoms with Crippen LogP contribution < -0.4 is 15.5 Å². The largest absolute Gasteiger partial charge is 0.377 e. The van der Waals surface area contributed by atoms with E-state index in [-0.39, 0.29) is 17.8 Å². The summed E-state index contributed by atoms with van der Waals surface area (Å²) in [6.07, 6.45) is 4.42. The minimum Gasteiger partial charge on any atom is -0.377 e. The summed E-state index contributed by atoms with van der Waals surface area (Å²) in [5.41, 5.74) is 0.629. The van der Waals surface area contributed by atoms with Gasteiger partial charge >= 0.3 is 11.6 Å². The number of anilines is 2. The maximum absolute atomic E-state index is 16.2. The van der Waals surface area contributed by atoms with Crippen LogP contribution in [-0.4, -0.2) is 76.9 Å². The summed E-state index contributed by atoms with van der Waals surface area (Å²) < 4.78 is 57.5. The van der Waals surface area contributed by atoms with E-state index in [1.54, 1.807) is 10.9 Å². The van der Waals surface area contributed by atoms with Gasteiger partial charge in [-0.3, -0.25) is 4.98 Å². The number of piperazine rings is 1. The normalized spacial score (nSPS) is 15.4. The summed E-state index contributed by atoms with van der Waals surface area (Å²) in [7, 11) is 0. The number of halogens is 3. The third kappa shape index (κ3) is 8.41. The molecule has 7 aromatic rings. The maximum atomic E-state index is 16.2. The Hall–Kier alpha value is -6.65. The maximum Gasteiger partial charge on any atom is 0.350 e. The lowest BCUT2D eigenvalue weighted by Crippen LogP contribution is -2.48. The molecule has 4 heterocycles. The minimum atomic E-state index is -4.03. The first kappa shape index (κ1) is 41.1. The van der Waals surface area contributed by atoms with Crippen LogP contribution in [0.5, 0.6) is 0 Å². The molecule has 1 aliphatic rings. The van der Waals surface area contributed by atoms with Crippen LogP contribution in [0.3, 0.4) is 0 Å². The van der Waals surface area contributed by atoms with Crippen molar-refractivity contribution in [2.24, 2.45) is 0 Å². The Morgan fingerprint density at radius 2 is 1.41 bits per heavy atom. The van der Waals surface area contributed by atoms with Crippen LogP contribution in [0.4, 0.5) is 24.5 Å². The van der Waals surface area contributed by atoms with Gasteiger partial charge in [-0.25, -0.2) is 23.1 Å². The van der Waals surface area contributed by atoms with Crippen LogP contribution in [0.2, 0.25) is 0 Å². The van der Waals surface area contributed by atoms with Crippen molar-refractivity contribution in [2.45, 2.75) is 57.1 Å². The van der Waals surface area contributed by atoms with Gasteiger partial charge in [0.2, 0.25) is 0 Å². The number of aromatic nitrogens is 8. The van der Waals surface area contributed by atoms with Crippen molar-refractivity contribution >= 4 is 11.4 Å². The Balaban J connectivity index is 0.883. The second kappa shape index (κ2) is 17.5. The van der Waals surface area contributed by atoms with Crippen LogP contribution in [0.25, 0.3) is 16.8 Å². The molecule has 13 nitrogen and oxygen atoms in total. The molecule has 16 heteroatoms. The van der Waals surface area contributed by atoms with Crippen LogP contribution in [0.15, 0.2) is 139 Å². The van der Waals surface area contributed by atoms with Gasteiger partial charge < -0.3 is 19.6 Å². The van der Waals surface area contributed by atoms with Gasteiger partial charge in [-0.05, 0) is 83.4 Å². The number of aliphatic hydroxyl groups is 1. The second-order valence-electron chi connectivity index (χ2n) is 15.1. The van der Waals surface area contributed by atoms with Crippen molar-refractivity contribution in [1.82, 2.24) is 39.5 Å². The SMILES string of the molecule is CC[C@@H]([C@H](C)OCc1ccccc1)n1ncn(-c2ccc(N3CCN(c4ccc(-c5ccc(C(F)(F)C(O)(Cn6cnnn6)c6ccccc6F)nc5)cc4)CC3)cc2)c1=O. The number of pyridine rings is 1. The average Bonchev–Trinajstić information content (AvgIpc) is 3.96. The van der Waals surface area contributed by atoms with E-state index in [2.05, 4.69) is 35.4 Å². The highest BCUT2D eigenvalue weighted by Crippen LogP contribution is 2.46. The van der Waals surface area contributed by atoms with Crippen molar-refractivity contribution in [2.75, 3.05) is 36.0 Å². The van der Waals surface area contributed by atoms with E-state index in [9.17, 15) is 14.3 Å². The van der Waals surface area contributed by atoms with E-state index < -0.39 is 35.1 Å². The third-order valence-electron chi connectivity index (χ3n) is 11.4. The molecule has 1 saturated heterocycles. The lowest BCUT2D eigenvalue weighted by Gasteiger charge is -2.37. The van der Waals surface area contributed by atoms with Gasteiger partial charge in [-0.2, -0.15) is 13.9 Å². The van der Waals surface area contributed by atoms with Crippen LogP contribution in [-0.2, 0) is 29.4 Å². The number of rotatable bonds is 15. The van der Waals surface area contributed by atoms with E-state index in [1.807, 2.05) is 92.7 Å². The number of hydrogen-bond donors (Lipinski definition) is 1. The molecule has 8 rings (SSSR count). The van der Waals surface area contributed by atoms with Crippen LogP contribution in [0.1, 0.15) is 43.1 Å². The number of ether oxygens (including phenoxy) is 1. The van der Waals surface area contributed by atoms with Gasteiger partial charge in [-0.15, -0.1) is 5.10 Å². The Bertz CT molecular complexity index is 2560. The number of hydrogen-bond acceptors (Lipinski definition) is 10. The van der Waals surface area contributed by atoms with E-state index >= 15 is 8.78 Å². The fraction of sp³-hybridized carbons (Fsp3) is 0.289. The first-order chi connectivity index (χ1) is 29.6. The quantitative estimate of drug-likeness (QED) is 0.118. The topological polar surface area (TPSA) is 132 Å². The molecule has 1 fully saturated rings. The standard InChI is InChI=1S/C45H45F3N10O3/c1-3-41(32(2)61-28-33-9-5-4-6-10-33)58-43(59)57(31-51-58)38-20-18-37(19-21-38)55-25-23-54(24-26-55)36-16-13-34(14-17-36)35-15-22-42(49-27-35)45(47,48)44(60,29-56-30-50-52-53-56)39-11-7-8-12-40(39)46/h4-22,27,30-32,41,60H,3,23-26,28-29H2,1-2H3/t32-,41-,44?/m0/s1. The number of alkyl halides is 2. The Kier molecular flexibility index (Phi) is 11.8. The van der Waals surface area contributed by atoms with Gasteiger partial charge in [0.05, 0.1) is 31.0 Å². The molecule has 0 aliphatic carbocycles. The number of nitrogens with zero attached hydrogens (tertiary/aromatic N) is 10. The van der Waals surface area contributed by atoms with Crippen LogP contribution >= 0.6 is 0 Å². The predicted octanol–water partition coefficient (Wildman–Crippen LogP) is 6.78. The summed E-state index contributed by atoms with van der Waals surface area (Å²) in [5.74, 6) is -5.03. The molecule has 0 amide bonds. The highest BCUT2D eigenvalue weighted by atomic mass is 19.3. The van der Waals surface area contributed by atoms with Crippen molar-refractivity contribution in [3.63, 3.8) is 0 Å². The zero-order valence-corrected chi connectivity index (χ0v) is 33.7. The molecule has 4 aromatic carbocycles. The smallest absolute Gasteiger partial charge is 0.350 e. The Labute approximate surface area is 350 Å². The molecular weight excluding hydrogens is 786 g/mol. The zero-order valence-electron chi connectivity index (χ0n) is 33.7. The summed E-state index contributed by atoms with van der Waals surface area (Å²) in [5, 5.41) is 26.5. The molecule has 0 bridgehead atoms. The summed E-state index contributed by atoms with van der Waals surface area (Å²) in [6, 6.07) is 32.9. The highest BCUT2D eigenvalue weighted by Gasteiger charge is 2.57. The fourth-order valence-electron chi connectivity index (χ4n) is 7.85. The molecule has 1 N–H and O–H groups in total. The fourth-order valence-corrected chi connectivity index (χ4v) is 7.85. The van der Waals surface area contributed by atoms with Gasteiger partial charge in [0.25, 0.3) is 0 Å². The zero-order chi connectivity index (χ0) is 42.6. The molecule has 0 spiro atoms. The Morgan fingerprint density at radius 1 is 0.787 bits per heavy atom. The molecular formula is C45H45F3N10O3.